The van der Waals surface area contributed by atoms with Gasteiger partial charge in [-0.1, -0.05) is 49.6 Å². The lowest BCUT2D eigenvalue weighted by molar-refractivity contribution is -0.126. The average Bonchev–Trinajstić information content (AvgIpc) is 3.38. The van der Waals surface area contributed by atoms with Crippen LogP contribution < -0.4 is 5.32 Å². The highest BCUT2D eigenvalue weighted by Gasteiger charge is 2.34. The highest BCUT2D eigenvalue weighted by Crippen LogP contribution is 2.25. The summed E-state index contributed by atoms with van der Waals surface area (Å²) in [4.78, 5) is 32.8. The molecule has 32 heavy (non-hydrogen) atoms. The van der Waals surface area contributed by atoms with Gasteiger partial charge in [-0.25, -0.2) is 0 Å². The fraction of sp³-hybridized carbons (Fsp3) is 0.375. The van der Waals surface area contributed by atoms with Gasteiger partial charge >= 0.3 is 0 Å². The Labute approximate surface area is 192 Å². The van der Waals surface area contributed by atoms with E-state index in [2.05, 4.69) is 19.0 Å². The number of nitrogens with one attached hydrogen (secondary N) is 1. The van der Waals surface area contributed by atoms with Crippen LogP contribution in [0.3, 0.4) is 0 Å². The van der Waals surface area contributed by atoms with Crippen molar-refractivity contribution >= 4 is 23.5 Å². The molecule has 1 aromatic carbocycles. The van der Waals surface area contributed by atoms with Gasteiger partial charge in [-0.05, 0) is 42.5 Å². The van der Waals surface area contributed by atoms with Crippen molar-refractivity contribution < 1.29 is 9.59 Å². The number of benzene rings is 1. The maximum absolute atomic E-state index is 13.6. The van der Waals surface area contributed by atoms with E-state index in [1.165, 1.54) is 12.6 Å². The van der Waals surface area contributed by atoms with E-state index >= 15 is 0 Å². The van der Waals surface area contributed by atoms with Crippen molar-refractivity contribution in [2.24, 2.45) is 0 Å². The smallest absolute Gasteiger partial charge is 0.276 e. The Hall–Kier alpha value is -3.13. The molecule has 1 unspecified atom stereocenters. The number of rotatable bonds is 8. The van der Waals surface area contributed by atoms with E-state index in [0.29, 0.717) is 13.0 Å². The van der Waals surface area contributed by atoms with Gasteiger partial charge in [0.25, 0.3) is 5.91 Å². The molecule has 3 aromatic rings. The normalized spacial score (nSPS) is 15.1. The zero-order chi connectivity index (χ0) is 22.2. The fourth-order valence-corrected chi connectivity index (χ4v) is 4.60. The van der Waals surface area contributed by atoms with Gasteiger partial charge < -0.3 is 10.2 Å². The highest BCUT2D eigenvalue weighted by molar-refractivity contribution is 6.99. The van der Waals surface area contributed by atoms with E-state index in [9.17, 15) is 9.59 Å². The van der Waals surface area contributed by atoms with Crippen molar-refractivity contribution in [3.05, 3.63) is 77.9 Å². The van der Waals surface area contributed by atoms with Gasteiger partial charge in [0.15, 0.2) is 5.69 Å². The van der Waals surface area contributed by atoms with Crippen LogP contribution in [0.2, 0.25) is 0 Å². The molecule has 2 aromatic heterocycles. The lowest BCUT2D eigenvalue weighted by atomic mass is 9.94. The van der Waals surface area contributed by atoms with Crippen LogP contribution >= 0.6 is 11.7 Å². The molecular formula is C24H27N5O2S. The number of aromatic nitrogens is 3. The highest BCUT2D eigenvalue weighted by atomic mass is 32.1. The molecule has 0 bridgehead atoms. The minimum Gasteiger partial charge on any atom is -0.351 e. The van der Waals surface area contributed by atoms with Crippen LogP contribution in [0.1, 0.15) is 59.8 Å². The second kappa shape index (κ2) is 10.9. The quantitative estimate of drug-likeness (QED) is 0.565. The summed E-state index contributed by atoms with van der Waals surface area (Å²) in [5.74, 6) is -0.456. The third kappa shape index (κ3) is 5.56. The van der Waals surface area contributed by atoms with E-state index < -0.39 is 6.04 Å². The van der Waals surface area contributed by atoms with Crippen LogP contribution in [0, 0.1) is 0 Å². The second-order valence-electron chi connectivity index (χ2n) is 8.05. The summed E-state index contributed by atoms with van der Waals surface area (Å²) in [5.41, 5.74) is 2.09. The molecule has 1 aliphatic carbocycles. The van der Waals surface area contributed by atoms with Gasteiger partial charge in [0.05, 0.1) is 17.9 Å². The first-order chi connectivity index (χ1) is 15.7. The number of pyridine rings is 1. The monoisotopic (exact) mass is 449 g/mol. The molecule has 2 heterocycles. The van der Waals surface area contributed by atoms with Crippen LogP contribution in [0.4, 0.5) is 0 Å². The minimum atomic E-state index is -0.766. The molecule has 166 valence electrons. The molecule has 1 aliphatic rings. The molecule has 8 heteroatoms. The molecule has 0 radical (unpaired) electrons. The first kappa shape index (κ1) is 22.1. The van der Waals surface area contributed by atoms with Crippen LogP contribution in [0.25, 0.3) is 0 Å². The predicted molar refractivity (Wildman–Crippen MR) is 123 cm³/mol. The summed E-state index contributed by atoms with van der Waals surface area (Å²) in [6.45, 7) is 0.380. The van der Waals surface area contributed by atoms with Crippen LogP contribution in [0.5, 0.6) is 0 Å². The number of nitrogens with zero attached hydrogens (tertiary/aromatic N) is 4. The van der Waals surface area contributed by atoms with E-state index in [1.54, 1.807) is 29.4 Å². The first-order valence-electron chi connectivity index (χ1n) is 11.0. The molecule has 1 fully saturated rings. The molecule has 0 saturated heterocycles. The van der Waals surface area contributed by atoms with Gasteiger partial charge in [0.1, 0.15) is 6.04 Å². The molecular weight excluding hydrogens is 422 g/mol. The van der Waals surface area contributed by atoms with Crippen LogP contribution in [-0.4, -0.2) is 43.0 Å². The number of hydrogen-bond donors (Lipinski definition) is 1. The maximum atomic E-state index is 13.6. The third-order valence-corrected chi connectivity index (χ3v) is 6.34. The summed E-state index contributed by atoms with van der Waals surface area (Å²) in [6.07, 6.45) is 10.8. The van der Waals surface area contributed by atoms with E-state index in [4.69, 9.17) is 0 Å². The van der Waals surface area contributed by atoms with Crippen molar-refractivity contribution in [2.45, 2.75) is 50.6 Å². The second-order valence-corrected chi connectivity index (χ2v) is 8.61. The lowest BCUT2D eigenvalue weighted by Gasteiger charge is -2.33. The summed E-state index contributed by atoms with van der Waals surface area (Å²) < 4.78 is 8.13. The molecule has 2 amide bonds. The van der Waals surface area contributed by atoms with Crippen molar-refractivity contribution in [1.82, 2.24) is 23.9 Å². The average molecular weight is 450 g/mol. The fourth-order valence-electron chi connectivity index (χ4n) is 4.19. The number of carbonyl (C=O) groups excluding carboxylic acids is 2. The van der Waals surface area contributed by atoms with Crippen molar-refractivity contribution in [1.29, 1.82) is 0 Å². The van der Waals surface area contributed by atoms with Crippen molar-refractivity contribution in [2.75, 3.05) is 6.54 Å². The topological polar surface area (TPSA) is 88.1 Å². The Bertz CT molecular complexity index is 992. The van der Waals surface area contributed by atoms with Gasteiger partial charge in [0.2, 0.25) is 5.91 Å². The third-order valence-electron chi connectivity index (χ3n) is 5.86. The summed E-state index contributed by atoms with van der Waals surface area (Å²) in [5, 5.41) is 3.21. The summed E-state index contributed by atoms with van der Waals surface area (Å²) >= 11 is 0.986. The number of amides is 2. The summed E-state index contributed by atoms with van der Waals surface area (Å²) in [7, 11) is 0. The predicted octanol–water partition coefficient (Wildman–Crippen LogP) is 3.81. The Balaban J connectivity index is 1.64. The Morgan fingerprint density at radius 1 is 1.06 bits per heavy atom. The van der Waals surface area contributed by atoms with E-state index in [-0.39, 0.29) is 23.6 Å². The Morgan fingerprint density at radius 3 is 2.50 bits per heavy atom. The van der Waals surface area contributed by atoms with Crippen LogP contribution in [0.15, 0.2) is 61.1 Å². The Morgan fingerprint density at radius 2 is 1.81 bits per heavy atom. The van der Waals surface area contributed by atoms with E-state index in [1.807, 2.05) is 30.3 Å². The lowest BCUT2D eigenvalue weighted by Crippen LogP contribution is -2.47. The first-order valence-corrected chi connectivity index (χ1v) is 11.8. The van der Waals surface area contributed by atoms with Gasteiger partial charge in [-0.3, -0.25) is 14.6 Å². The molecule has 7 nitrogen and oxygen atoms in total. The molecule has 1 atom stereocenters. The zero-order valence-corrected chi connectivity index (χ0v) is 18.7. The van der Waals surface area contributed by atoms with Crippen molar-refractivity contribution in [3.8, 4) is 0 Å². The van der Waals surface area contributed by atoms with Crippen LogP contribution in [-0.2, 0) is 11.2 Å². The Kier molecular flexibility index (Phi) is 7.55. The number of carbonyl (C=O) groups is 2. The SMILES string of the molecule is O=C(NC1CCCCC1)C(c1ccncc1)N(CCc1ccccc1)C(=O)c1cnsn1. The largest absolute Gasteiger partial charge is 0.351 e. The molecule has 1 N–H and O–H groups in total. The van der Waals surface area contributed by atoms with Gasteiger partial charge in [-0.2, -0.15) is 8.75 Å². The van der Waals surface area contributed by atoms with E-state index in [0.717, 1.165) is 48.5 Å². The van der Waals surface area contributed by atoms with Gasteiger partial charge in [-0.15, -0.1) is 0 Å². The molecule has 0 spiro atoms. The summed E-state index contributed by atoms with van der Waals surface area (Å²) in [6, 6.07) is 12.9. The molecule has 1 saturated carbocycles. The molecule has 4 rings (SSSR count). The molecule has 0 aliphatic heterocycles. The number of hydrogen-bond acceptors (Lipinski definition) is 6. The van der Waals surface area contributed by atoms with Crippen molar-refractivity contribution in [3.63, 3.8) is 0 Å². The maximum Gasteiger partial charge on any atom is 0.276 e. The zero-order valence-electron chi connectivity index (χ0n) is 17.9. The van der Waals surface area contributed by atoms with Gasteiger partial charge in [0, 0.05) is 25.0 Å². The minimum absolute atomic E-state index is 0.146. The standard InChI is InChI=1S/C24H27N5O2S/c30-23(27-20-9-5-2-6-10-20)22(19-11-14-25-15-12-19)29(24(31)21-17-26-32-28-21)16-13-18-7-3-1-4-8-18/h1,3-4,7-8,11-12,14-15,17,20,22H,2,5-6,9-10,13,16H2,(H,27,30).